The molecule has 4 rings (SSSR count). The second-order valence-corrected chi connectivity index (χ2v) is 8.15. The van der Waals surface area contributed by atoms with Crippen LogP contribution in [0.25, 0.3) is 11.3 Å². The summed E-state index contributed by atoms with van der Waals surface area (Å²) in [5, 5.41) is 17.7. The van der Waals surface area contributed by atoms with Crippen molar-refractivity contribution in [1.82, 2.24) is 19.8 Å². The van der Waals surface area contributed by atoms with E-state index in [-0.39, 0.29) is 11.6 Å². The summed E-state index contributed by atoms with van der Waals surface area (Å²) in [6.45, 7) is 0.298. The van der Waals surface area contributed by atoms with Gasteiger partial charge in [0.2, 0.25) is 0 Å². The molecule has 9 nitrogen and oxygen atoms in total. The van der Waals surface area contributed by atoms with Gasteiger partial charge in [-0.3, -0.25) is 9.48 Å². The Morgan fingerprint density at radius 2 is 2.15 bits per heavy atom. The van der Waals surface area contributed by atoms with Crippen molar-refractivity contribution in [2.24, 2.45) is 7.05 Å². The van der Waals surface area contributed by atoms with Crippen LogP contribution >= 0.6 is 0 Å². The Morgan fingerprint density at radius 3 is 2.78 bits per heavy atom. The highest BCUT2D eigenvalue weighted by Crippen LogP contribution is 2.39. The molecule has 0 bridgehead atoms. The number of aryl methyl sites for hydroxylation is 1. The van der Waals surface area contributed by atoms with E-state index in [1.54, 1.807) is 22.5 Å². The minimum Gasteiger partial charge on any atom is -0.506 e. The van der Waals surface area contributed by atoms with Crippen molar-refractivity contribution in [3.05, 3.63) is 29.7 Å². The first-order chi connectivity index (χ1) is 12.8. The van der Waals surface area contributed by atoms with Gasteiger partial charge in [-0.05, 0) is 37.6 Å². The van der Waals surface area contributed by atoms with Crippen LogP contribution in [0.5, 0.6) is 5.75 Å². The number of carbonyl (C=O) groups excluding carboxylic acids is 1. The van der Waals surface area contributed by atoms with Crippen LogP contribution in [0.2, 0.25) is 0 Å². The molecule has 1 atom stereocenters. The van der Waals surface area contributed by atoms with Gasteiger partial charge in [0.25, 0.3) is 5.91 Å². The molecule has 1 amide bonds. The summed E-state index contributed by atoms with van der Waals surface area (Å²) in [5.41, 5.74) is 0.673. The lowest BCUT2D eigenvalue weighted by Crippen LogP contribution is -2.30. The highest BCUT2D eigenvalue weighted by molar-refractivity contribution is 7.92. The highest BCUT2D eigenvalue weighted by atomic mass is 32.2. The fourth-order valence-electron chi connectivity index (χ4n) is 3.51. The summed E-state index contributed by atoms with van der Waals surface area (Å²) in [4.78, 5) is 11.5. The number of carbonyl (C=O) groups is 1. The van der Waals surface area contributed by atoms with Crippen molar-refractivity contribution in [1.29, 1.82) is 0 Å². The molecule has 1 unspecified atom stereocenters. The maximum absolute atomic E-state index is 15.2. The van der Waals surface area contributed by atoms with Gasteiger partial charge in [-0.1, -0.05) is 0 Å². The van der Waals surface area contributed by atoms with E-state index in [1.807, 2.05) is 0 Å². The van der Waals surface area contributed by atoms with Gasteiger partial charge in [-0.2, -0.15) is 13.5 Å². The standard InChI is InChI=1S/C16H18FN5O4S/c1-21-12(10-3-2-6-18-10)7-11(19-21)9-4-5-13(23)16(15(9)17)22-8-14(24)20-27(22,25)26/h4-5,7,10,18,23H,2-3,6,8H2,1H3,(H,20,24). The maximum atomic E-state index is 15.2. The number of anilines is 1. The predicted octanol–water partition coefficient (Wildman–Crippen LogP) is 0.537. The second kappa shape index (κ2) is 6.20. The van der Waals surface area contributed by atoms with E-state index < -0.39 is 39.9 Å². The van der Waals surface area contributed by atoms with Crippen LogP contribution in [0.1, 0.15) is 24.6 Å². The molecule has 0 spiro atoms. The van der Waals surface area contributed by atoms with Gasteiger partial charge in [0.05, 0.1) is 11.4 Å². The summed E-state index contributed by atoms with van der Waals surface area (Å²) in [6.07, 6.45) is 1.98. The normalized spacial score (nSPS) is 21.6. The maximum Gasteiger partial charge on any atom is 0.326 e. The summed E-state index contributed by atoms with van der Waals surface area (Å²) in [5.74, 6) is -2.34. The van der Waals surface area contributed by atoms with E-state index in [9.17, 15) is 18.3 Å². The molecule has 3 N–H and O–H groups in total. The van der Waals surface area contributed by atoms with Gasteiger partial charge < -0.3 is 10.4 Å². The summed E-state index contributed by atoms with van der Waals surface area (Å²) >= 11 is 0. The van der Waals surface area contributed by atoms with Crippen LogP contribution in [0, 0.1) is 5.82 Å². The molecule has 2 aromatic rings. The lowest BCUT2D eigenvalue weighted by atomic mass is 10.1. The predicted molar refractivity (Wildman–Crippen MR) is 94.7 cm³/mol. The first kappa shape index (κ1) is 17.7. The molecule has 0 saturated carbocycles. The zero-order valence-corrected chi connectivity index (χ0v) is 15.3. The molecule has 27 heavy (non-hydrogen) atoms. The minimum absolute atomic E-state index is 0.0391. The third-order valence-electron chi connectivity index (χ3n) is 4.77. The van der Waals surface area contributed by atoms with Gasteiger partial charge in [-0.15, -0.1) is 0 Å². The average Bonchev–Trinajstić information content (AvgIpc) is 3.27. The third kappa shape index (κ3) is 2.92. The summed E-state index contributed by atoms with van der Waals surface area (Å²) in [7, 11) is -2.50. The molecule has 144 valence electrons. The molecule has 2 aliphatic rings. The summed E-state index contributed by atoms with van der Waals surface area (Å²) in [6, 6.07) is 4.38. The van der Waals surface area contributed by atoms with E-state index in [2.05, 4.69) is 10.4 Å². The van der Waals surface area contributed by atoms with Gasteiger partial charge >= 0.3 is 10.2 Å². The molecule has 3 heterocycles. The number of nitrogens with one attached hydrogen (secondary N) is 2. The average molecular weight is 395 g/mol. The van der Waals surface area contributed by atoms with E-state index in [1.165, 1.54) is 12.1 Å². The number of benzene rings is 1. The van der Waals surface area contributed by atoms with Gasteiger partial charge in [-0.25, -0.2) is 13.4 Å². The van der Waals surface area contributed by atoms with Gasteiger partial charge in [0, 0.05) is 18.7 Å². The number of nitrogens with zero attached hydrogens (tertiary/aromatic N) is 3. The second-order valence-electron chi connectivity index (χ2n) is 6.56. The lowest BCUT2D eigenvalue weighted by Gasteiger charge is -2.18. The van der Waals surface area contributed by atoms with Crippen molar-refractivity contribution in [3.63, 3.8) is 0 Å². The van der Waals surface area contributed by atoms with Crippen LogP contribution in [-0.2, 0) is 22.1 Å². The molecule has 2 saturated heterocycles. The van der Waals surface area contributed by atoms with E-state index in [4.69, 9.17) is 0 Å². The number of aromatic nitrogens is 2. The summed E-state index contributed by atoms with van der Waals surface area (Å²) < 4.78 is 43.2. The number of aromatic hydroxyl groups is 1. The number of phenols is 1. The Morgan fingerprint density at radius 1 is 1.37 bits per heavy atom. The van der Waals surface area contributed by atoms with Crippen molar-refractivity contribution >= 4 is 21.8 Å². The molecule has 11 heteroatoms. The fourth-order valence-corrected chi connectivity index (χ4v) is 4.68. The van der Waals surface area contributed by atoms with Crippen molar-refractivity contribution in [3.8, 4) is 17.0 Å². The molecule has 1 aromatic carbocycles. The molecule has 2 aliphatic heterocycles. The van der Waals surface area contributed by atoms with E-state index in [0.29, 0.717) is 10.00 Å². The molecule has 0 aliphatic carbocycles. The quantitative estimate of drug-likeness (QED) is 0.698. The van der Waals surface area contributed by atoms with Crippen LogP contribution in [0.15, 0.2) is 18.2 Å². The van der Waals surface area contributed by atoms with Crippen LogP contribution in [-0.4, -0.2) is 42.3 Å². The number of rotatable bonds is 3. The van der Waals surface area contributed by atoms with E-state index in [0.717, 1.165) is 25.1 Å². The SMILES string of the molecule is Cn1nc(-c2ccc(O)c(N3CC(=O)NS3(=O)=O)c2F)cc1C1CCCN1. The molecule has 2 fully saturated rings. The largest absolute Gasteiger partial charge is 0.506 e. The van der Waals surface area contributed by atoms with Crippen molar-refractivity contribution < 1.29 is 22.7 Å². The van der Waals surface area contributed by atoms with Gasteiger partial charge in [0.1, 0.15) is 18.0 Å². The monoisotopic (exact) mass is 395 g/mol. The minimum atomic E-state index is -4.25. The van der Waals surface area contributed by atoms with Crippen LogP contribution < -0.4 is 14.3 Å². The number of amides is 1. The van der Waals surface area contributed by atoms with Crippen molar-refractivity contribution in [2.45, 2.75) is 18.9 Å². The number of halogens is 1. The fraction of sp³-hybridized carbons (Fsp3) is 0.375. The Bertz CT molecular complexity index is 1030. The molecular formula is C16H18FN5O4S. The van der Waals surface area contributed by atoms with E-state index >= 15 is 4.39 Å². The van der Waals surface area contributed by atoms with Crippen LogP contribution in [0.3, 0.4) is 0 Å². The van der Waals surface area contributed by atoms with Crippen molar-refractivity contribution in [2.75, 3.05) is 17.4 Å². The smallest absolute Gasteiger partial charge is 0.326 e. The van der Waals surface area contributed by atoms with Gasteiger partial charge in [0.15, 0.2) is 5.82 Å². The topological polar surface area (TPSA) is 117 Å². The Kier molecular flexibility index (Phi) is 4.07. The number of hydrogen-bond donors (Lipinski definition) is 3. The molecular weight excluding hydrogens is 377 g/mol. The number of hydrogen-bond acceptors (Lipinski definition) is 6. The first-order valence-electron chi connectivity index (χ1n) is 8.40. The zero-order chi connectivity index (χ0) is 19.3. The Hall–Kier alpha value is -2.66. The molecule has 1 aromatic heterocycles. The zero-order valence-electron chi connectivity index (χ0n) is 14.4. The molecule has 0 radical (unpaired) electrons. The Balaban J connectivity index is 1.80. The third-order valence-corrected chi connectivity index (χ3v) is 6.15. The lowest BCUT2D eigenvalue weighted by molar-refractivity contribution is -0.117. The Labute approximate surface area is 155 Å². The first-order valence-corrected chi connectivity index (χ1v) is 9.84. The van der Waals surface area contributed by atoms with Crippen LogP contribution in [0.4, 0.5) is 10.1 Å². The number of phenolic OH excluding ortho intramolecular Hbond substituents is 1. The highest BCUT2D eigenvalue weighted by Gasteiger charge is 2.38.